The van der Waals surface area contributed by atoms with E-state index in [9.17, 15) is 4.79 Å². The Bertz CT molecular complexity index is 155. The molecule has 3 heteroatoms. The van der Waals surface area contributed by atoms with Gasteiger partial charge in [-0.25, -0.2) is 0 Å². The molecule has 0 bridgehead atoms. The van der Waals surface area contributed by atoms with Gasteiger partial charge < -0.3 is 4.74 Å². The summed E-state index contributed by atoms with van der Waals surface area (Å²) in [6, 6.07) is 0. The monoisotopic (exact) mass is 236 g/mol. The number of hydrogen-bond donors (Lipinski definition) is 0. The summed E-state index contributed by atoms with van der Waals surface area (Å²) >= 11 is 3.35. The molecular weight excluding hydrogens is 220 g/mol. The quantitative estimate of drug-likeness (QED) is 0.555. The van der Waals surface area contributed by atoms with Crippen molar-refractivity contribution >= 4 is 21.9 Å². The van der Waals surface area contributed by atoms with Crippen LogP contribution in [0.4, 0.5) is 0 Å². The summed E-state index contributed by atoms with van der Waals surface area (Å²) < 4.78 is 4.91. The topological polar surface area (TPSA) is 26.3 Å². The maximum Gasteiger partial charge on any atom is 0.320 e. The molecule has 0 aliphatic carbocycles. The Morgan fingerprint density at radius 1 is 1.50 bits per heavy atom. The lowest BCUT2D eigenvalue weighted by Crippen LogP contribution is -2.32. The highest BCUT2D eigenvalue weighted by molar-refractivity contribution is 9.10. The van der Waals surface area contributed by atoms with Crippen LogP contribution in [0.5, 0.6) is 0 Å². The number of alkyl halides is 1. The summed E-state index contributed by atoms with van der Waals surface area (Å²) in [5, 5.41) is 0. The van der Waals surface area contributed by atoms with Crippen molar-refractivity contribution in [2.45, 2.75) is 38.9 Å². The first-order chi connectivity index (χ1) is 5.45. The van der Waals surface area contributed by atoms with Gasteiger partial charge in [-0.2, -0.15) is 0 Å². The van der Waals surface area contributed by atoms with E-state index in [4.69, 9.17) is 4.74 Å². The Balaban J connectivity index is 4.17. The van der Waals surface area contributed by atoms with E-state index in [-0.39, 0.29) is 16.2 Å². The van der Waals surface area contributed by atoms with Crippen LogP contribution in [0.3, 0.4) is 0 Å². The lowest BCUT2D eigenvalue weighted by molar-refractivity contribution is -0.144. The van der Waals surface area contributed by atoms with Crippen LogP contribution in [0.25, 0.3) is 0 Å². The van der Waals surface area contributed by atoms with E-state index in [1.807, 2.05) is 20.8 Å². The van der Waals surface area contributed by atoms with E-state index in [1.165, 1.54) is 0 Å². The second kappa shape index (κ2) is 4.85. The highest BCUT2D eigenvalue weighted by atomic mass is 79.9. The molecule has 2 nitrogen and oxygen atoms in total. The predicted octanol–water partition coefficient (Wildman–Crippen LogP) is 2.75. The zero-order valence-corrected chi connectivity index (χ0v) is 9.77. The molecule has 0 aromatic heterocycles. The largest absolute Gasteiger partial charge is 0.465 e. The number of esters is 1. The number of carbonyl (C=O) groups is 1. The van der Waals surface area contributed by atoms with Gasteiger partial charge in [-0.15, -0.1) is 0 Å². The van der Waals surface area contributed by atoms with Crippen LogP contribution >= 0.6 is 15.9 Å². The van der Waals surface area contributed by atoms with Gasteiger partial charge in [0.2, 0.25) is 0 Å². The van der Waals surface area contributed by atoms with Crippen LogP contribution in [0.15, 0.2) is 0 Å². The fourth-order valence-corrected chi connectivity index (χ4v) is 1.17. The highest BCUT2D eigenvalue weighted by Gasteiger charge is 2.32. The van der Waals surface area contributed by atoms with Gasteiger partial charge in [-0.3, -0.25) is 4.79 Å². The van der Waals surface area contributed by atoms with E-state index in [0.717, 1.165) is 6.42 Å². The lowest BCUT2D eigenvalue weighted by atomic mass is 9.86. The number of carbonyl (C=O) groups excluding carboxylic acids is 1. The smallest absolute Gasteiger partial charge is 0.320 e. The summed E-state index contributed by atoms with van der Waals surface area (Å²) in [5.41, 5.74) is -0.0355. The zero-order valence-electron chi connectivity index (χ0n) is 8.19. The molecule has 12 heavy (non-hydrogen) atoms. The van der Waals surface area contributed by atoms with Gasteiger partial charge in [0.05, 0.1) is 6.61 Å². The molecule has 0 rings (SSSR count). The maximum atomic E-state index is 11.3. The van der Waals surface area contributed by atoms with Crippen molar-refractivity contribution in [3.63, 3.8) is 0 Å². The van der Waals surface area contributed by atoms with Crippen molar-refractivity contribution in [2.24, 2.45) is 5.41 Å². The minimum atomic E-state index is -0.199. The Kier molecular flexibility index (Phi) is 4.83. The van der Waals surface area contributed by atoms with Crippen molar-refractivity contribution in [3.8, 4) is 0 Å². The molecule has 72 valence electrons. The van der Waals surface area contributed by atoms with Crippen LogP contribution in [0, 0.1) is 5.41 Å². The first kappa shape index (κ1) is 11.9. The molecule has 0 amide bonds. The molecule has 0 aliphatic heterocycles. The molecule has 0 radical (unpaired) electrons. The van der Waals surface area contributed by atoms with E-state index < -0.39 is 0 Å². The van der Waals surface area contributed by atoms with Crippen LogP contribution in [-0.4, -0.2) is 17.4 Å². The van der Waals surface area contributed by atoms with Crippen molar-refractivity contribution in [3.05, 3.63) is 0 Å². The Morgan fingerprint density at radius 3 is 2.33 bits per heavy atom. The first-order valence-electron chi connectivity index (χ1n) is 4.26. The summed E-state index contributed by atoms with van der Waals surface area (Å²) in [4.78, 5) is 11.1. The Morgan fingerprint density at radius 2 is 2.00 bits per heavy atom. The van der Waals surface area contributed by atoms with Crippen LogP contribution in [0.1, 0.15) is 34.1 Å². The number of rotatable bonds is 4. The van der Waals surface area contributed by atoms with Gasteiger partial charge in [-0.1, -0.05) is 36.7 Å². The molecule has 1 atom stereocenters. The average molecular weight is 237 g/mol. The number of halogens is 1. The van der Waals surface area contributed by atoms with Gasteiger partial charge in [0, 0.05) is 0 Å². The van der Waals surface area contributed by atoms with Crippen molar-refractivity contribution in [2.75, 3.05) is 6.61 Å². The van der Waals surface area contributed by atoms with Gasteiger partial charge >= 0.3 is 5.97 Å². The van der Waals surface area contributed by atoms with Gasteiger partial charge in [0.25, 0.3) is 0 Å². The normalized spacial score (nSPS) is 14.1. The summed E-state index contributed by atoms with van der Waals surface area (Å²) in [5.74, 6) is -0.163. The van der Waals surface area contributed by atoms with Gasteiger partial charge in [-0.05, 0) is 18.8 Å². The molecule has 0 spiro atoms. The molecular formula is C9H17BrO2. The molecule has 0 saturated carbocycles. The Hall–Kier alpha value is -0.0500. The Labute approximate surface area is 82.8 Å². The molecule has 1 unspecified atom stereocenters. The summed E-state index contributed by atoms with van der Waals surface area (Å²) in [6.07, 6.45) is 0.946. The fraction of sp³-hybridized carbons (Fsp3) is 0.889. The van der Waals surface area contributed by atoms with Crippen LogP contribution in [0.2, 0.25) is 0 Å². The molecule has 0 aliphatic rings. The third-order valence-corrected chi connectivity index (χ3v) is 3.70. The highest BCUT2D eigenvalue weighted by Crippen LogP contribution is 2.31. The maximum absolute atomic E-state index is 11.3. The molecule has 0 saturated heterocycles. The third-order valence-electron chi connectivity index (χ3n) is 2.09. The minimum absolute atomic E-state index is 0.0355. The second-order valence-electron chi connectivity index (χ2n) is 3.46. The van der Waals surface area contributed by atoms with E-state index in [2.05, 4.69) is 22.9 Å². The van der Waals surface area contributed by atoms with Crippen LogP contribution < -0.4 is 0 Å². The minimum Gasteiger partial charge on any atom is -0.465 e. The van der Waals surface area contributed by atoms with Crippen LogP contribution in [-0.2, 0) is 9.53 Å². The van der Waals surface area contributed by atoms with E-state index >= 15 is 0 Å². The van der Waals surface area contributed by atoms with E-state index in [0.29, 0.717) is 6.61 Å². The summed E-state index contributed by atoms with van der Waals surface area (Å²) in [6.45, 7) is 8.41. The second-order valence-corrected chi connectivity index (χ2v) is 4.37. The lowest BCUT2D eigenvalue weighted by Gasteiger charge is -2.26. The van der Waals surface area contributed by atoms with Gasteiger partial charge in [0.1, 0.15) is 4.83 Å². The SMILES string of the molecule is CCOC(=O)C(Br)C(C)(C)CC. The van der Waals surface area contributed by atoms with Crippen molar-refractivity contribution < 1.29 is 9.53 Å². The van der Waals surface area contributed by atoms with E-state index in [1.54, 1.807) is 0 Å². The number of hydrogen-bond acceptors (Lipinski definition) is 2. The summed E-state index contributed by atoms with van der Waals surface area (Å²) in [7, 11) is 0. The first-order valence-corrected chi connectivity index (χ1v) is 5.18. The van der Waals surface area contributed by atoms with Gasteiger partial charge in [0.15, 0.2) is 0 Å². The molecule has 0 fully saturated rings. The molecule has 0 N–H and O–H groups in total. The zero-order chi connectivity index (χ0) is 9.78. The predicted molar refractivity (Wildman–Crippen MR) is 53.4 cm³/mol. The number of ether oxygens (including phenoxy) is 1. The molecule has 0 aromatic carbocycles. The average Bonchev–Trinajstić information content (AvgIpc) is 2.03. The third kappa shape index (κ3) is 3.13. The van der Waals surface area contributed by atoms with Crippen molar-refractivity contribution in [1.82, 2.24) is 0 Å². The molecule has 0 heterocycles. The fourth-order valence-electron chi connectivity index (χ4n) is 0.714. The van der Waals surface area contributed by atoms with Crippen molar-refractivity contribution in [1.29, 1.82) is 0 Å². The standard InChI is InChI=1S/C9H17BrO2/c1-5-9(3,4)7(10)8(11)12-6-2/h7H,5-6H2,1-4H3. The molecule has 0 aromatic rings.